The summed E-state index contributed by atoms with van der Waals surface area (Å²) in [5.41, 5.74) is 3.38. The minimum atomic E-state index is -0.00210. The Morgan fingerprint density at radius 1 is 1.31 bits per heavy atom. The van der Waals surface area contributed by atoms with Crippen molar-refractivity contribution in [3.8, 4) is 5.75 Å². The maximum Gasteiger partial charge on any atom is 0.317 e. The smallest absolute Gasteiger partial charge is 0.317 e. The summed E-state index contributed by atoms with van der Waals surface area (Å²) >= 11 is 0. The lowest BCUT2D eigenvalue weighted by Gasteiger charge is -2.32. The van der Waals surface area contributed by atoms with Crippen molar-refractivity contribution in [2.45, 2.75) is 38.1 Å². The number of aromatic nitrogens is 2. The number of urea groups is 1. The lowest BCUT2D eigenvalue weighted by molar-refractivity contribution is 0.178. The van der Waals surface area contributed by atoms with E-state index in [1.54, 1.807) is 12.5 Å². The van der Waals surface area contributed by atoms with E-state index in [1.165, 1.54) is 5.56 Å². The Morgan fingerprint density at radius 3 is 3.15 bits per heavy atom. The molecule has 0 radical (unpaired) electrons. The van der Waals surface area contributed by atoms with Gasteiger partial charge in [-0.05, 0) is 48.9 Å². The summed E-state index contributed by atoms with van der Waals surface area (Å²) in [7, 11) is 0. The van der Waals surface area contributed by atoms with Gasteiger partial charge in [-0.25, -0.2) is 14.8 Å². The van der Waals surface area contributed by atoms with Gasteiger partial charge in [-0.3, -0.25) is 0 Å². The lowest BCUT2D eigenvalue weighted by atomic mass is 9.95. The molecule has 2 aliphatic heterocycles. The largest absolute Gasteiger partial charge is 0.493 e. The van der Waals surface area contributed by atoms with Gasteiger partial charge in [-0.2, -0.15) is 0 Å². The van der Waals surface area contributed by atoms with Gasteiger partial charge in [-0.1, -0.05) is 12.1 Å². The number of ether oxygens (including phenoxy) is 1. The van der Waals surface area contributed by atoms with Crippen LogP contribution in [0, 0.1) is 0 Å². The number of rotatable bonds is 3. The molecule has 0 spiro atoms. The SMILES string of the molecule is O=C(NCc1ccc2c(c1)CCCO2)N1CCC[C@H](c2ccncn2)C1. The zero-order valence-electron chi connectivity index (χ0n) is 14.9. The van der Waals surface area contributed by atoms with E-state index in [9.17, 15) is 4.79 Å². The van der Waals surface area contributed by atoms with Crippen LogP contribution in [0.2, 0.25) is 0 Å². The normalized spacial score (nSPS) is 19.4. The summed E-state index contributed by atoms with van der Waals surface area (Å²) < 4.78 is 5.65. The van der Waals surface area contributed by atoms with Crippen molar-refractivity contribution in [2.75, 3.05) is 19.7 Å². The molecule has 0 saturated carbocycles. The van der Waals surface area contributed by atoms with Crippen LogP contribution in [-0.2, 0) is 13.0 Å². The number of piperidine rings is 1. The van der Waals surface area contributed by atoms with E-state index >= 15 is 0 Å². The minimum Gasteiger partial charge on any atom is -0.493 e. The molecular weight excluding hydrogens is 328 g/mol. The van der Waals surface area contributed by atoms with Gasteiger partial charge in [0, 0.05) is 37.4 Å². The highest BCUT2D eigenvalue weighted by atomic mass is 16.5. The third-order valence-electron chi connectivity index (χ3n) is 5.15. The summed E-state index contributed by atoms with van der Waals surface area (Å²) in [5.74, 6) is 1.27. The maximum absolute atomic E-state index is 12.6. The first-order valence-electron chi connectivity index (χ1n) is 9.33. The monoisotopic (exact) mass is 352 g/mol. The van der Waals surface area contributed by atoms with Gasteiger partial charge < -0.3 is 15.0 Å². The molecule has 3 heterocycles. The molecule has 2 aliphatic rings. The highest BCUT2D eigenvalue weighted by molar-refractivity contribution is 5.74. The molecule has 4 rings (SSSR count). The van der Waals surface area contributed by atoms with E-state index in [1.807, 2.05) is 23.1 Å². The van der Waals surface area contributed by atoms with Crippen LogP contribution >= 0.6 is 0 Å². The Morgan fingerprint density at radius 2 is 2.27 bits per heavy atom. The van der Waals surface area contributed by atoms with Gasteiger partial charge in [0.15, 0.2) is 0 Å². The van der Waals surface area contributed by atoms with Crippen molar-refractivity contribution in [3.05, 3.63) is 53.6 Å². The predicted octanol–water partition coefficient (Wildman–Crippen LogP) is 2.89. The van der Waals surface area contributed by atoms with E-state index in [-0.39, 0.29) is 6.03 Å². The Balaban J connectivity index is 1.34. The molecule has 2 aromatic rings. The molecule has 1 atom stereocenters. The second-order valence-corrected chi connectivity index (χ2v) is 6.97. The molecule has 26 heavy (non-hydrogen) atoms. The minimum absolute atomic E-state index is 0.00210. The van der Waals surface area contributed by atoms with Gasteiger partial charge in [0.2, 0.25) is 0 Å². The fourth-order valence-electron chi connectivity index (χ4n) is 3.76. The van der Waals surface area contributed by atoms with Crippen molar-refractivity contribution in [3.63, 3.8) is 0 Å². The van der Waals surface area contributed by atoms with E-state index in [4.69, 9.17) is 4.74 Å². The summed E-state index contributed by atoms with van der Waals surface area (Å²) in [6.45, 7) is 2.85. The van der Waals surface area contributed by atoms with Crippen LogP contribution in [-0.4, -0.2) is 40.6 Å². The molecule has 6 heteroatoms. The molecule has 1 fully saturated rings. The number of aryl methyl sites for hydroxylation is 1. The van der Waals surface area contributed by atoms with E-state index in [0.717, 1.165) is 55.8 Å². The van der Waals surface area contributed by atoms with Crippen LogP contribution in [0.1, 0.15) is 42.0 Å². The number of amides is 2. The zero-order chi connectivity index (χ0) is 17.8. The first-order valence-corrected chi connectivity index (χ1v) is 9.33. The molecule has 1 aromatic carbocycles. The number of likely N-dealkylation sites (tertiary alicyclic amines) is 1. The van der Waals surface area contributed by atoms with Gasteiger partial charge in [0.1, 0.15) is 12.1 Å². The molecule has 1 N–H and O–H groups in total. The van der Waals surface area contributed by atoms with Crippen molar-refractivity contribution in [1.82, 2.24) is 20.2 Å². The van der Waals surface area contributed by atoms with Crippen LogP contribution in [0.3, 0.4) is 0 Å². The van der Waals surface area contributed by atoms with Gasteiger partial charge in [0.25, 0.3) is 0 Å². The zero-order valence-corrected chi connectivity index (χ0v) is 14.9. The standard InChI is InChI=1S/C20H24N4O2/c25-20(22-12-15-5-6-19-16(11-15)4-2-10-26-19)24-9-1-3-17(13-24)18-7-8-21-14-23-18/h5-8,11,14,17H,1-4,9-10,12-13H2,(H,22,25)/t17-/m0/s1. The Bertz CT molecular complexity index is 766. The number of fused-ring (bicyclic) bond motifs is 1. The molecule has 6 nitrogen and oxygen atoms in total. The average Bonchev–Trinajstić information content (AvgIpc) is 2.72. The van der Waals surface area contributed by atoms with Crippen molar-refractivity contribution in [1.29, 1.82) is 0 Å². The third kappa shape index (κ3) is 3.79. The summed E-state index contributed by atoms with van der Waals surface area (Å²) in [5, 5.41) is 3.06. The number of benzene rings is 1. The molecule has 136 valence electrons. The van der Waals surface area contributed by atoms with Gasteiger partial charge in [0.05, 0.1) is 6.61 Å². The quantitative estimate of drug-likeness (QED) is 0.922. The molecule has 2 amide bonds. The molecule has 1 saturated heterocycles. The molecule has 0 unspecified atom stereocenters. The number of carbonyl (C=O) groups is 1. The number of nitrogens with one attached hydrogen (secondary N) is 1. The number of nitrogens with zero attached hydrogens (tertiary/aromatic N) is 3. The van der Waals surface area contributed by atoms with Crippen molar-refractivity contribution in [2.24, 2.45) is 0 Å². The van der Waals surface area contributed by atoms with Crippen molar-refractivity contribution >= 4 is 6.03 Å². The van der Waals surface area contributed by atoms with Crippen LogP contribution < -0.4 is 10.1 Å². The Kier molecular flexibility index (Phi) is 5.00. The van der Waals surface area contributed by atoms with Crippen LogP contribution in [0.25, 0.3) is 0 Å². The molecular formula is C20H24N4O2. The number of carbonyl (C=O) groups excluding carboxylic acids is 1. The summed E-state index contributed by atoms with van der Waals surface area (Å²) in [6.07, 6.45) is 7.50. The summed E-state index contributed by atoms with van der Waals surface area (Å²) in [6, 6.07) is 8.14. The average molecular weight is 352 g/mol. The predicted molar refractivity (Wildman–Crippen MR) is 98.1 cm³/mol. The molecule has 0 aliphatic carbocycles. The Hall–Kier alpha value is -2.63. The van der Waals surface area contributed by atoms with Crippen LogP contribution in [0.15, 0.2) is 36.8 Å². The second-order valence-electron chi connectivity index (χ2n) is 6.97. The highest BCUT2D eigenvalue weighted by Gasteiger charge is 2.25. The first kappa shape index (κ1) is 16.8. The number of hydrogen-bond donors (Lipinski definition) is 1. The van der Waals surface area contributed by atoms with Gasteiger partial charge in [-0.15, -0.1) is 0 Å². The molecule has 0 bridgehead atoms. The Labute approximate surface area is 153 Å². The third-order valence-corrected chi connectivity index (χ3v) is 5.15. The summed E-state index contributed by atoms with van der Waals surface area (Å²) in [4.78, 5) is 22.8. The van der Waals surface area contributed by atoms with E-state index < -0.39 is 0 Å². The topological polar surface area (TPSA) is 67.3 Å². The second kappa shape index (κ2) is 7.72. The fourth-order valence-corrected chi connectivity index (χ4v) is 3.76. The van der Waals surface area contributed by atoms with Crippen molar-refractivity contribution < 1.29 is 9.53 Å². The van der Waals surface area contributed by atoms with Crippen LogP contribution in [0.4, 0.5) is 4.79 Å². The fraction of sp³-hybridized carbons (Fsp3) is 0.450. The highest BCUT2D eigenvalue weighted by Crippen LogP contribution is 2.26. The van der Waals surface area contributed by atoms with Gasteiger partial charge >= 0.3 is 6.03 Å². The van der Waals surface area contributed by atoms with E-state index in [2.05, 4.69) is 21.4 Å². The molecule has 1 aromatic heterocycles. The lowest BCUT2D eigenvalue weighted by Crippen LogP contribution is -2.44. The van der Waals surface area contributed by atoms with Crippen LogP contribution in [0.5, 0.6) is 5.75 Å². The first-order chi connectivity index (χ1) is 12.8. The van der Waals surface area contributed by atoms with E-state index in [0.29, 0.717) is 19.0 Å². The number of hydrogen-bond acceptors (Lipinski definition) is 4. The maximum atomic E-state index is 12.6.